The monoisotopic (exact) mass is 242 g/mol. The summed E-state index contributed by atoms with van der Waals surface area (Å²) in [5.74, 6) is 0.794. The van der Waals surface area contributed by atoms with E-state index in [1.807, 2.05) is 6.92 Å². The van der Waals surface area contributed by atoms with Crippen LogP contribution in [0.25, 0.3) is 0 Å². The van der Waals surface area contributed by atoms with Crippen molar-refractivity contribution in [2.75, 3.05) is 26.3 Å². The highest BCUT2D eigenvalue weighted by atomic mass is 16.5. The number of carbonyl (C=O) groups excluding carboxylic acids is 1. The molecule has 100 valence electrons. The SMILES string of the molecule is CCOCCCC(=O)NC(C)C1CCNCC1. The summed E-state index contributed by atoms with van der Waals surface area (Å²) in [6.07, 6.45) is 3.73. The van der Waals surface area contributed by atoms with E-state index in [0.29, 0.717) is 25.0 Å². The van der Waals surface area contributed by atoms with Crippen molar-refractivity contribution < 1.29 is 9.53 Å². The van der Waals surface area contributed by atoms with Crippen molar-refractivity contribution in [2.24, 2.45) is 5.92 Å². The Hall–Kier alpha value is -0.610. The summed E-state index contributed by atoms with van der Waals surface area (Å²) in [6, 6.07) is 0.302. The van der Waals surface area contributed by atoms with Crippen LogP contribution in [0, 0.1) is 5.92 Å². The van der Waals surface area contributed by atoms with Gasteiger partial charge >= 0.3 is 0 Å². The molecule has 0 aliphatic carbocycles. The molecule has 1 atom stereocenters. The molecule has 0 aromatic heterocycles. The summed E-state index contributed by atoms with van der Waals surface area (Å²) < 4.78 is 5.22. The van der Waals surface area contributed by atoms with Gasteiger partial charge in [-0.3, -0.25) is 4.79 Å². The van der Waals surface area contributed by atoms with Crippen molar-refractivity contribution in [3.63, 3.8) is 0 Å². The summed E-state index contributed by atoms with van der Waals surface area (Å²) >= 11 is 0. The van der Waals surface area contributed by atoms with Crippen molar-refractivity contribution >= 4 is 5.91 Å². The molecule has 1 aliphatic rings. The van der Waals surface area contributed by atoms with Gasteiger partial charge in [0.25, 0.3) is 0 Å². The number of carbonyl (C=O) groups is 1. The van der Waals surface area contributed by atoms with E-state index in [4.69, 9.17) is 4.74 Å². The Bertz CT molecular complexity index is 215. The molecule has 0 aromatic carbocycles. The molecule has 1 rings (SSSR count). The first kappa shape index (κ1) is 14.5. The highest BCUT2D eigenvalue weighted by molar-refractivity contribution is 5.76. The van der Waals surface area contributed by atoms with E-state index in [0.717, 1.165) is 26.1 Å². The van der Waals surface area contributed by atoms with Gasteiger partial charge in [0.15, 0.2) is 0 Å². The molecule has 1 aliphatic heterocycles. The van der Waals surface area contributed by atoms with Gasteiger partial charge in [0, 0.05) is 25.7 Å². The first-order valence-corrected chi connectivity index (χ1v) is 6.82. The zero-order valence-electron chi connectivity index (χ0n) is 11.1. The number of rotatable bonds is 7. The second kappa shape index (κ2) is 8.48. The van der Waals surface area contributed by atoms with Crippen molar-refractivity contribution in [1.29, 1.82) is 0 Å². The number of nitrogens with one attached hydrogen (secondary N) is 2. The quantitative estimate of drug-likeness (QED) is 0.662. The molecule has 0 bridgehead atoms. The lowest BCUT2D eigenvalue weighted by atomic mass is 9.91. The fourth-order valence-electron chi connectivity index (χ4n) is 2.27. The van der Waals surface area contributed by atoms with Crippen molar-refractivity contribution in [3.8, 4) is 0 Å². The van der Waals surface area contributed by atoms with E-state index in [-0.39, 0.29) is 5.91 Å². The molecule has 4 heteroatoms. The summed E-state index contributed by atoms with van der Waals surface area (Å²) in [5, 5.41) is 6.45. The Kier molecular flexibility index (Phi) is 7.21. The summed E-state index contributed by atoms with van der Waals surface area (Å²) in [5.41, 5.74) is 0. The Labute approximate surface area is 104 Å². The molecule has 2 N–H and O–H groups in total. The predicted molar refractivity (Wildman–Crippen MR) is 68.9 cm³/mol. The molecule has 17 heavy (non-hydrogen) atoms. The van der Waals surface area contributed by atoms with Gasteiger partial charge in [0.2, 0.25) is 5.91 Å². The highest BCUT2D eigenvalue weighted by Gasteiger charge is 2.20. The lowest BCUT2D eigenvalue weighted by Gasteiger charge is -2.28. The third-order valence-electron chi connectivity index (χ3n) is 3.38. The van der Waals surface area contributed by atoms with Crippen LogP contribution in [-0.4, -0.2) is 38.3 Å². The molecule has 0 radical (unpaired) electrons. The van der Waals surface area contributed by atoms with Crippen molar-refractivity contribution in [3.05, 3.63) is 0 Å². The average Bonchev–Trinajstić information content (AvgIpc) is 2.36. The van der Waals surface area contributed by atoms with Gasteiger partial charge in [-0.1, -0.05) is 0 Å². The van der Waals surface area contributed by atoms with Gasteiger partial charge in [-0.25, -0.2) is 0 Å². The molecular weight excluding hydrogens is 216 g/mol. The minimum Gasteiger partial charge on any atom is -0.382 e. The van der Waals surface area contributed by atoms with Crippen LogP contribution in [0.2, 0.25) is 0 Å². The molecule has 1 heterocycles. The van der Waals surface area contributed by atoms with Crippen LogP contribution in [0.4, 0.5) is 0 Å². The summed E-state index contributed by atoms with van der Waals surface area (Å²) in [4.78, 5) is 11.7. The van der Waals surface area contributed by atoms with Crippen molar-refractivity contribution in [1.82, 2.24) is 10.6 Å². The number of hydrogen-bond acceptors (Lipinski definition) is 3. The molecule has 0 spiro atoms. The van der Waals surface area contributed by atoms with Crippen LogP contribution in [-0.2, 0) is 9.53 Å². The number of amides is 1. The van der Waals surface area contributed by atoms with Crippen LogP contribution in [0.5, 0.6) is 0 Å². The Morgan fingerprint density at radius 2 is 2.18 bits per heavy atom. The zero-order chi connectivity index (χ0) is 12.5. The Balaban J connectivity index is 2.11. The second-order valence-corrected chi connectivity index (χ2v) is 4.74. The van der Waals surface area contributed by atoms with Crippen LogP contribution >= 0.6 is 0 Å². The molecule has 1 unspecified atom stereocenters. The Morgan fingerprint density at radius 1 is 1.47 bits per heavy atom. The van der Waals surface area contributed by atoms with Crippen LogP contribution in [0.3, 0.4) is 0 Å². The topological polar surface area (TPSA) is 50.4 Å². The Morgan fingerprint density at radius 3 is 2.82 bits per heavy atom. The fraction of sp³-hybridized carbons (Fsp3) is 0.923. The predicted octanol–water partition coefficient (Wildman–Crippen LogP) is 1.31. The van der Waals surface area contributed by atoms with Gasteiger partial charge in [-0.2, -0.15) is 0 Å². The molecule has 1 amide bonds. The maximum atomic E-state index is 11.7. The minimum atomic E-state index is 0.163. The van der Waals surface area contributed by atoms with E-state index in [9.17, 15) is 4.79 Å². The second-order valence-electron chi connectivity index (χ2n) is 4.74. The van der Waals surface area contributed by atoms with Crippen LogP contribution < -0.4 is 10.6 Å². The molecular formula is C13H26N2O2. The van der Waals surface area contributed by atoms with E-state index >= 15 is 0 Å². The smallest absolute Gasteiger partial charge is 0.220 e. The van der Waals surface area contributed by atoms with Crippen LogP contribution in [0.1, 0.15) is 39.5 Å². The molecule has 0 aromatic rings. The third kappa shape index (κ3) is 6.03. The normalized spacial score (nSPS) is 18.9. The molecule has 0 saturated carbocycles. The maximum Gasteiger partial charge on any atom is 0.220 e. The largest absolute Gasteiger partial charge is 0.382 e. The first-order valence-electron chi connectivity index (χ1n) is 6.82. The van der Waals surface area contributed by atoms with E-state index in [2.05, 4.69) is 17.6 Å². The highest BCUT2D eigenvalue weighted by Crippen LogP contribution is 2.15. The maximum absolute atomic E-state index is 11.7. The lowest BCUT2D eigenvalue weighted by Crippen LogP contribution is -2.42. The van der Waals surface area contributed by atoms with E-state index in [1.165, 1.54) is 12.8 Å². The van der Waals surface area contributed by atoms with Crippen molar-refractivity contribution in [2.45, 2.75) is 45.6 Å². The fourth-order valence-corrected chi connectivity index (χ4v) is 2.27. The molecule has 4 nitrogen and oxygen atoms in total. The van der Waals surface area contributed by atoms with E-state index in [1.54, 1.807) is 0 Å². The number of ether oxygens (including phenoxy) is 1. The zero-order valence-corrected chi connectivity index (χ0v) is 11.1. The average molecular weight is 242 g/mol. The summed E-state index contributed by atoms with van der Waals surface area (Å²) in [7, 11) is 0. The number of hydrogen-bond donors (Lipinski definition) is 2. The van der Waals surface area contributed by atoms with Gasteiger partial charge in [0.1, 0.15) is 0 Å². The molecule has 1 saturated heterocycles. The van der Waals surface area contributed by atoms with Gasteiger partial charge in [-0.15, -0.1) is 0 Å². The molecule has 1 fully saturated rings. The standard InChI is InChI=1S/C13H26N2O2/c1-3-17-10-4-5-13(16)15-11(2)12-6-8-14-9-7-12/h11-12,14H,3-10H2,1-2H3,(H,15,16). The van der Waals surface area contributed by atoms with Gasteiger partial charge in [0.05, 0.1) is 0 Å². The van der Waals surface area contributed by atoms with Crippen LogP contribution in [0.15, 0.2) is 0 Å². The van der Waals surface area contributed by atoms with Gasteiger partial charge in [-0.05, 0) is 52.1 Å². The third-order valence-corrected chi connectivity index (χ3v) is 3.38. The van der Waals surface area contributed by atoms with Gasteiger partial charge < -0.3 is 15.4 Å². The minimum absolute atomic E-state index is 0.163. The summed E-state index contributed by atoms with van der Waals surface area (Å²) in [6.45, 7) is 7.67. The first-order chi connectivity index (χ1) is 8.24. The lowest BCUT2D eigenvalue weighted by molar-refractivity contribution is -0.122. The van der Waals surface area contributed by atoms with E-state index < -0.39 is 0 Å². The number of piperidine rings is 1.